The molecule has 1 amide bonds. The highest BCUT2D eigenvalue weighted by Crippen LogP contribution is 2.65. The summed E-state index contributed by atoms with van der Waals surface area (Å²) in [5.41, 5.74) is 0.681. The molecule has 2 aliphatic carbocycles. The summed E-state index contributed by atoms with van der Waals surface area (Å²) in [7, 11) is 0. The molecule has 1 heterocycles. The zero-order chi connectivity index (χ0) is 13.0. The number of amides is 1. The first-order chi connectivity index (χ1) is 8.45. The van der Waals surface area contributed by atoms with Crippen LogP contribution in [0.25, 0.3) is 0 Å². The van der Waals surface area contributed by atoms with E-state index in [1.807, 2.05) is 0 Å². The van der Waals surface area contributed by atoms with Gasteiger partial charge in [-0.3, -0.25) is 4.79 Å². The summed E-state index contributed by atoms with van der Waals surface area (Å²) >= 11 is 0. The van der Waals surface area contributed by atoms with Crippen LogP contribution in [0.5, 0.6) is 0 Å². The molecule has 0 aromatic rings. The Morgan fingerprint density at radius 1 is 1.28 bits per heavy atom. The van der Waals surface area contributed by atoms with Gasteiger partial charge in [0.15, 0.2) is 0 Å². The summed E-state index contributed by atoms with van der Waals surface area (Å²) in [5.74, 6) is 1.03. The van der Waals surface area contributed by atoms with Gasteiger partial charge in [0.1, 0.15) is 0 Å². The van der Waals surface area contributed by atoms with Crippen molar-refractivity contribution in [1.29, 1.82) is 0 Å². The molecule has 0 spiro atoms. The van der Waals surface area contributed by atoms with Crippen molar-refractivity contribution in [2.24, 2.45) is 16.7 Å². The smallest absolute Gasteiger partial charge is 0.237 e. The number of fused-ring (bicyclic) bond motifs is 2. The largest absolute Gasteiger partial charge is 0.351 e. The van der Waals surface area contributed by atoms with Gasteiger partial charge in [0, 0.05) is 6.04 Å². The zero-order valence-electron chi connectivity index (χ0n) is 11.9. The van der Waals surface area contributed by atoms with E-state index < -0.39 is 0 Å². The van der Waals surface area contributed by atoms with E-state index in [0.29, 0.717) is 16.9 Å². The maximum absolute atomic E-state index is 12.3. The number of carbonyl (C=O) groups excluding carboxylic acids is 1. The van der Waals surface area contributed by atoms with Gasteiger partial charge in [-0.1, -0.05) is 20.8 Å². The summed E-state index contributed by atoms with van der Waals surface area (Å²) in [5, 5.41) is 6.64. The molecular weight excluding hydrogens is 224 g/mol. The molecule has 0 aromatic carbocycles. The quantitative estimate of drug-likeness (QED) is 0.788. The van der Waals surface area contributed by atoms with Gasteiger partial charge in [-0.05, 0) is 55.4 Å². The lowest BCUT2D eigenvalue weighted by molar-refractivity contribution is -0.124. The highest BCUT2D eigenvalue weighted by Gasteiger charge is 2.61. The Morgan fingerprint density at radius 3 is 2.56 bits per heavy atom. The Bertz CT molecular complexity index is 360. The van der Waals surface area contributed by atoms with Gasteiger partial charge in [-0.15, -0.1) is 0 Å². The van der Waals surface area contributed by atoms with Crippen LogP contribution in [-0.2, 0) is 4.79 Å². The minimum absolute atomic E-state index is 0.0656. The molecule has 4 atom stereocenters. The fourth-order valence-electron chi connectivity index (χ4n) is 4.60. The van der Waals surface area contributed by atoms with Crippen molar-refractivity contribution in [3.63, 3.8) is 0 Å². The van der Waals surface area contributed by atoms with Crippen LogP contribution in [0.3, 0.4) is 0 Å². The molecule has 3 fully saturated rings. The number of hydrogen-bond donors (Lipinski definition) is 2. The molecule has 3 unspecified atom stereocenters. The normalized spacial score (nSPS) is 45.4. The average Bonchev–Trinajstić information content (AvgIpc) is 2.95. The molecule has 102 valence electrons. The van der Waals surface area contributed by atoms with Gasteiger partial charge in [0.2, 0.25) is 5.91 Å². The summed E-state index contributed by atoms with van der Waals surface area (Å²) in [6, 6.07) is 0.456. The first kappa shape index (κ1) is 12.5. The molecule has 1 aliphatic heterocycles. The molecule has 0 aromatic heterocycles. The van der Waals surface area contributed by atoms with Gasteiger partial charge < -0.3 is 10.6 Å². The SMILES string of the molecule is CC1(C)C2CCC1(C)C(NC(=O)[C@@H]1CCCN1)C2. The molecule has 0 radical (unpaired) electrons. The summed E-state index contributed by atoms with van der Waals surface area (Å²) in [6.07, 6.45) is 5.93. The molecule has 2 bridgehead atoms. The molecule has 18 heavy (non-hydrogen) atoms. The third-order valence-corrected chi connectivity index (χ3v) is 6.49. The van der Waals surface area contributed by atoms with Gasteiger partial charge in [-0.2, -0.15) is 0 Å². The molecule has 1 saturated heterocycles. The predicted molar refractivity (Wildman–Crippen MR) is 72.2 cm³/mol. The van der Waals surface area contributed by atoms with Gasteiger partial charge in [0.05, 0.1) is 6.04 Å². The lowest BCUT2D eigenvalue weighted by atomic mass is 9.69. The van der Waals surface area contributed by atoms with Gasteiger partial charge >= 0.3 is 0 Å². The number of carbonyl (C=O) groups is 1. The lowest BCUT2D eigenvalue weighted by Gasteiger charge is -2.39. The van der Waals surface area contributed by atoms with Crippen LogP contribution in [0.15, 0.2) is 0 Å². The molecule has 3 rings (SSSR count). The van der Waals surface area contributed by atoms with E-state index in [2.05, 4.69) is 31.4 Å². The fraction of sp³-hybridized carbons (Fsp3) is 0.933. The number of hydrogen-bond acceptors (Lipinski definition) is 2. The molecule has 3 nitrogen and oxygen atoms in total. The first-order valence-corrected chi connectivity index (χ1v) is 7.49. The molecule has 3 aliphatic rings. The second-order valence-corrected chi connectivity index (χ2v) is 7.32. The Kier molecular flexibility index (Phi) is 2.74. The van der Waals surface area contributed by atoms with Crippen molar-refractivity contribution in [3.05, 3.63) is 0 Å². The zero-order valence-corrected chi connectivity index (χ0v) is 11.9. The van der Waals surface area contributed by atoms with Gasteiger partial charge in [0.25, 0.3) is 0 Å². The van der Waals surface area contributed by atoms with Crippen LogP contribution in [0, 0.1) is 16.7 Å². The van der Waals surface area contributed by atoms with E-state index in [4.69, 9.17) is 0 Å². The van der Waals surface area contributed by atoms with E-state index in [1.54, 1.807) is 0 Å². The standard InChI is InChI=1S/C15H26N2O/c1-14(2)10-6-7-15(14,3)12(9-10)17-13(18)11-5-4-8-16-11/h10-12,16H,4-9H2,1-3H3,(H,17,18)/t10?,11-,12?,15?/m0/s1. The third-order valence-electron chi connectivity index (χ3n) is 6.49. The van der Waals surface area contributed by atoms with Crippen molar-refractivity contribution in [2.45, 2.75) is 65.0 Å². The second-order valence-electron chi connectivity index (χ2n) is 7.32. The first-order valence-electron chi connectivity index (χ1n) is 7.49. The predicted octanol–water partition coefficient (Wildman–Crippen LogP) is 2.07. The van der Waals surface area contributed by atoms with Crippen LogP contribution in [0.2, 0.25) is 0 Å². The summed E-state index contributed by atoms with van der Waals surface area (Å²) in [6.45, 7) is 8.16. The Morgan fingerprint density at radius 2 is 2.06 bits per heavy atom. The number of rotatable bonds is 2. The monoisotopic (exact) mass is 250 g/mol. The van der Waals surface area contributed by atoms with Crippen LogP contribution in [-0.4, -0.2) is 24.5 Å². The summed E-state index contributed by atoms with van der Waals surface area (Å²) in [4.78, 5) is 12.3. The van der Waals surface area contributed by atoms with E-state index in [9.17, 15) is 4.79 Å². The van der Waals surface area contributed by atoms with Crippen molar-refractivity contribution in [1.82, 2.24) is 10.6 Å². The molecule has 2 saturated carbocycles. The van der Waals surface area contributed by atoms with E-state index in [-0.39, 0.29) is 11.9 Å². The van der Waals surface area contributed by atoms with E-state index in [0.717, 1.165) is 25.3 Å². The Hall–Kier alpha value is -0.570. The van der Waals surface area contributed by atoms with Crippen LogP contribution >= 0.6 is 0 Å². The fourth-order valence-corrected chi connectivity index (χ4v) is 4.60. The second kappa shape index (κ2) is 3.96. The van der Waals surface area contributed by atoms with Crippen molar-refractivity contribution < 1.29 is 4.79 Å². The van der Waals surface area contributed by atoms with Crippen molar-refractivity contribution in [2.75, 3.05) is 6.54 Å². The van der Waals surface area contributed by atoms with E-state index >= 15 is 0 Å². The maximum atomic E-state index is 12.3. The molecule has 2 N–H and O–H groups in total. The Labute approximate surface area is 110 Å². The highest BCUT2D eigenvalue weighted by molar-refractivity contribution is 5.82. The average molecular weight is 250 g/mol. The van der Waals surface area contributed by atoms with Crippen molar-refractivity contribution in [3.8, 4) is 0 Å². The number of nitrogens with one attached hydrogen (secondary N) is 2. The van der Waals surface area contributed by atoms with Crippen molar-refractivity contribution >= 4 is 5.91 Å². The maximum Gasteiger partial charge on any atom is 0.237 e. The van der Waals surface area contributed by atoms with E-state index in [1.165, 1.54) is 19.3 Å². The lowest BCUT2D eigenvalue weighted by Crippen LogP contribution is -2.51. The summed E-state index contributed by atoms with van der Waals surface area (Å²) < 4.78 is 0. The Balaban J connectivity index is 1.70. The van der Waals surface area contributed by atoms with Gasteiger partial charge in [-0.25, -0.2) is 0 Å². The third kappa shape index (κ3) is 1.56. The highest BCUT2D eigenvalue weighted by atomic mass is 16.2. The molecular formula is C15H26N2O. The van der Waals surface area contributed by atoms with Crippen LogP contribution in [0.1, 0.15) is 52.9 Å². The minimum atomic E-state index is 0.0656. The topological polar surface area (TPSA) is 41.1 Å². The minimum Gasteiger partial charge on any atom is -0.351 e. The molecule has 3 heteroatoms. The van der Waals surface area contributed by atoms with Crippen LogP contribution < -0.4 is 10.6 Å². The van der Waals surface area contributed by atoms with Crippen LogP contribution in [0.4, 0.5) is 0 Å².